The van der Waals surface area contributed by atoms with Crippen LogP contribution in [-0.4, -0.2) is 59.9 Å². The number of hydrazine groups is 1. The van der Waals surface area contributed by atoms with Gasteiger partial charge in [-0.05, 0) is 80.0 Å². The maximum Gasteiger partial charge on any atom is 0.253 e. The molecule has 0 aromatic heterocycles. The molecule has 3 amide bonds. The minimum atomic E-state index is -0.707. The number of nitrogens with one attached hydrogen (secondary N) is 2. The molecule has 48 heavy (non-hydrogen) atoms. The van der Waals surface area contributed by atoms with Crippen LogP contribution in [0.4, 0.5) is 8.78 Å². The molecule has 0 spiro atoms. The van der Waals surface area contributed by atoms with E-state index in [-0.39, 0.29) is 36.1 Å². The Labute approximate surface area is 284 Å². The second-order valence-corrected chi connectivity index (χ2v) is 12.1. The Hall–Kier alpha value is -4.55. The Morgan fingerprint density at radius 2 is 1.44 bits per heavy atom. The van der Waals surface area contributed by atoms with Gasteiger partial charge in [0.2, 0.25) is 5.91 Å². The lowest BCUT2D eigenvalue weighted by Crippen LogP contribution is -2.50. The van der Waals surface area contributed by atoms with Gasteiger partial charge in [-0.15, -0.1) is 5.92 Å². The molecule has 0 fully saturated rings. The smallest absolute Gasteiger partial charge is 0.253 e. The molecule has 0 aliphatic rings. The van der Waals surface area contributed by atoms with Gasteiger partial charge in [0.05, 0.1) is 6.42 Å². The quantitative estimate of drug-likeness (QED) is 0.127. The van der Waals surface area contributed by atoms with E-state index in [1.807, 2.05) is 63.0 Å². The fourth-order valence-electron chi connectivity index (χ4n) is 5.70. The van der Waals surface area contributed by atoms with E-state index in [2.05, 4.69) is 22.6 Å². The number of benzene rings is 3. The van der Waals surface area contributed by atoms with Crippen molar-refractivity contribution in [3.05, 3.63) is 106 Å². The highest BCUT2D eigenvalue weighted by atomic mass is 19.1. The Bertz CT molecular complexity index is 1560. The first-order valence-corrected chi connectivity index (χ1v) is 16.8. The summed E-state index contributed by atoms with van der Waals surface area (Å²) in [7, 11) is 0. The molecule has 9 heteroatoms. The largest absolute Gasteiger partial charge is 0.349 e. The first-order valence-electron chi connectivity index (χ1n) is 16.8. The van der Waals surface area contributed by atoms with E-state index in [0.717, 1.165) is 30.9 Å². The Balaban J connectivity index is 1.91. The predicted molar refractivity (Wildman–Crippen MR) is 186 cm³/mol. The molecule has 0 aliphatic heterocycles. The van der Waals surface area contributed by atoms with Crippen LogP contribution in [0.3, 0.4) is 0 Å². The van der Waals surface area contributed by atoms with E-state index in [4.69, 9.17) is 0 Å². The maximum absolute atomic E-state index is 14.2. The van der Waals surface area contributed by atoms with Gasteiger partial charge in [0.1, 0.15) is 11.6 Å². The highest BCUT2D eigenvalue weighted by molar-refractivity contribution is 6.00. The minimum Gasteiger partial charge on any atom is -0.349 e. The van der Waals surface area contributed by atoms with E-state index < -0.39 is 23.6 Å². The minimum absolute atomic E-state index is 0.139. The molecular formula is C39H48F2N4O3. The lowest BCUT2D eigenvalue weighted by Gasteiger charge is -2.31. The molecule has 0 heterocycles. The lowest BCUT2D eigenvalue weighted by molar-refractivity contribution is -0.125. The molecule has 2 unspecified atom stereocenters. The molecule has 3 aromatic carbocycles. The SMILES string of the molecule is CC#Cc1cc(C(=O)NC(Cc2cc(F)cc(F)c2)C(C)CN(CCC)NC(=O)Cc2ccccc2)cc(C(=O)N(CCC)CCC)c1. The molecule has 7 nitrogen and oxygen atoms in total. The topological polar surface area (TPSA) is 81.8 Å². The van der Waals surface area contributed by atoms with Crippen LogP contribution in [0.25, 0.3) is 0 Å². The van der Waals surface area contributed by atoms with Crippen LogP contribution >= 0.6 is 0 Å². The van der Waals surface area contributed by atoms with Gasteiger partial charge in [-0.3, -0.25) is 19.8 Å². The van der Waals surface area contributed by atoms with Gasteiger partial charge in [0.15, 0.2) is 0 Å². The Morgan fingerprint density at radius 1 is 0.812 bits per heavy atom. The summed E-state index contributed by atoms with van der Waals surface area (Å²) in [6, 6.07) is 17.1. The second kappa shape index (κ2) is 19.3. The van der Waals surface area contributed by atoms with Gasteiger partial charge in [-0.2, -0.15) is 0 Å². The van der Waals surface area contributed by atoms with Crippen LogP contribution in [0.2, 0.25) is 0 Å². The van der Waals surface area contributed by atoms with Crippen LogP contribution in [0.1, 0.15) is 91.3 Å². The van der Waals surface area contributed by atoms with Crippen LogP contribution in [0.15, 0.2) is 66.7 Å². The van der Waals surface area contributed by atoms with Crippen molar-refractivity contribution in [3.8, 4) is 11.8 Å². The third kappa shape index (κ3) is 11.9. The summed E-state index contributed by atoms with van der Waals surface area (Å²) >= 11 is 0. The number of halogens is 2. The zero-order valence-electron chi connectivity index (χ0n) is 28.7. The van der Waals surface area contributed by atoms with E-state index in [9.17, 15) is 23.2 Å². The van der Waals surface area contributed by atoms with Crippen LogP contribution in [0.5, 0.6) is 0 Å². The third-order valence-electron chi connectivity index (χ3n) is 7.86. The van der Waals surface area contributed by atoms with Crippen LogP contribution in [0, 0.1) is 29.4 Å². The molecule has 2 N–H and O–H groups in total. The molecule has 3 rings (SSSR count). The van der Waals surface area contributed by atoms with Crippen molar-refractivity contribution in [1.82, 2.24) is 20.7 Å². The van der Waals surface area contributed by atoms with Gasteiger partial charge in [-0.1, -0.05) is 63.9 Å². The average molecular weight is 659 g/mol. The molecule has 0 aliphatic carbocycles. The average Bonchev–Trinajstić information content (AvgIpc) is 3.04. The summed E-state index contributed by atoms with van der Waals surface area (Å²) in [6.07, 6.45) is 2.72. The van der Waals surface area contributed by atoms with E-state index >= 15 is 0 Å². The van der Waals surface area contributed by atoms with Crippen LogP contribution in [-0.2, 0) is 17.6 Å². The molecule has 0 saturated heterocycles. The van der Waals surface area contributed by atoms with Crippen LogP contribution < -0.4 is 10.7 Å². The van der Waals surface area contributed by atoms with Crippen molar-refractivity contribution in [3.63, 3.8) is 0 Å². The Morgan fingerprint density at radius 3 is 2.04 bits per heavy atom. The van der Waals surface area contributed by atoms with Crippen molar-refractivity contribution in [2.75, 3.05) is 26.2 Å². The third-order valence-corrected chi connectivity index (χ3v) is 7.86. The van der Waals surface area contributed by atoms with Gasteiger partial charge in [-0.25, -0.2) is 13.8 Å². The molecule has 2 atom stereocenters. The van der Waals surface area contributed by atoms with Crippen molar-refractivity contribution in [2.24, 2.45) is 5.92 Å². The number of hydrogen-bond donors (Lipinski definition) is 2. The number of hydrogen-bond acceptors (Lipinski definition) is 4. The number of nitrogens with zero attached hydrogens (tertiary/aromatic N) is 2. The summed E-state index contributed by atoms with van der Waals surface area (Å²) < 4.78 is 28.4. The fourth-order valence-corrected chi connectivity index (χ4v) is 5.70. The number of carbonyl (C=O) groups is 3. The monoisotopic (exact) mass is 658 g/mol. The molecule has 3 aromatic rings. The highest BCUT2D eigenvalue weighted by Gasteiger charge is 2.25. The van der Waals surface area contributed by atoms with Crippen molar-refractivity contribution < 1.29 is 23.2 Å². The summed E-state index contributed by atoms with van der Waals surface area (Å²) in [5.74, 6) is 3.36. The van der Waals surface area contributed by atoms with Gasteiger partial charge >= 0.3 is 0 Å². The predicted octanol–water partition coefficient (Wildman–Crippen LogP) is 6.56. The maximum atomic E-state index is 14.2. The number of carbonyl (C=O) groups excluding carboxylic acids is 3. The summed E-state index contributed by atoms with van der Waals surface area (Å²) in [6.45, 7) is 11.8. The molecule has 0 saturated carbocycles. The highest BCUT2D eigenvalue weighted by Crippen LogP contribution is 2.18. The molecule has 0 bridgehead atoms. The zero-order valence-corrected chi connectivity index (χ0v) is 28.7. The molecule has 256 valence electrons. The van der Waals surface area contributed by atoms with E-state index in [1.165, 1.54) is 12.1 Å². The zero-order chi connectivity index (χ0) is 35.1. The van der Waals surface area contributed by atoms with Crippen molar-refractivity contribution in [2.45, 2.75) is 72.8 Å². The molecule has 0 radical (unpaired) electrons. The normalized spacial score (nSPS) is 12.1. The summed E-state index contributed by atoms with van der Waals surface area (Å²) in [5, 5.41) is 4.90. The van der Waals surface area contributed by atoms with E-state index in [0.29, 0.717) is 42.9 Å². The first-order chi connectivity index (χ1) is 23.1. The van der Waals surface area contributed by atoms with Gasteiger partial charge < -0.3 is 10.2 Å². The first kappa shape index (κ1) is 37.9. The van der Waals surface area contributed by atoms with Crippen molar-refractivity contribution >= 4 is 17.7 Å². The number of rotatable bonds is 17. The van der Waals surface area contributed by atoms with Gasteiger partial charge in [0.25, 0.3) is 11.8 Å². The second-order valence-electron chi connectivity index (χ2n) is 12.1. The van der Waals surface area contributed by atoms with Gasteiger partial charge in [0, 0.05) is 55.0 Å². The molecular weight excluding hydrogens is 610 g/mol. The van der Waals surface area contributed by atoms with Crippen molar-refractivity contribution in [1.29, 1.82) is 0 Å². The standard InChI is InChI=1S/C39H48F2N4O3/c1-6-13-30-19-32(25-33(20-30)39(48)44(16-7-2)17-8-3)38(47)42-36(23-31-21-34(40)26-35(41)22-31)28(5)27-45(18-9-4)43-37(46)24-29-14-11-10-12-15-29/h10-12,14-15,19-22,25-26,28,36H,7-9,16-18,23-24,27H2,1-5H3,(H,42,47)(H,43,46). The number of amides is 3. The Kier molecular flexibility index (Phi) is 15.3. The fraction of sp³-hybridized carbons (Fsp3) is 0.410. The summed E-state index contributed by atoms with van der Waals surface area (Å²) in [4.78, 5) is 42.1. The van der Waals surface area contributed by atoms with E-state index in [1.54, 1.807) is 30.0 Å². The lowest BCUT2D eigenvalue weighted by atomic mass is 9.93. The summed E-state index contributed by atoms with van der Waals surface area (Å²) in [5.41, 5.74) is 5.43.